The predicted octanol–water partition coefficient (Wildman–Crippen LogP) is 3.15. The van der Waals surface area contributed by atoms with Gasteiger partial charge in [0, 0.05) is 0 Å². The van der Waals surface area contributed by atoms with E-state index in [1.165, 1.54) is 7.11 Å². The minimum absolute atomic E-state index is 0.228. The summed E-state index contributed by atoms with van der Waals surface area (Å²) >= 11 is 0. The highest BCUT2D eigenvalue weighted by atomic mass is 16.5. The van der Waals surface area contributed by atoms with E-state index in [0.717, 1.165) is 16.9 Å². The lowest BCUT2D eigenvalue weighted by molar-refractivity contribution is -0.149. The number of ether oxygens (including phenoxy) is 2. The second kappa shape index (κ2) is 5.37. The molecule has 0 radical (unpaired) electrons. The Morgan fingerprint density at radius 1 is 1.10 bits per heavy atom. The molecular formula is C17H16O3. The standard InChI is InChI=1S/C17H16O3/c1-19-17(18)14-11-13-9-5-6-10-15(13)20-16(14)12-7-3-2-4-8-12/h2-10,14,16H,11H2,1H3. The Labute approximate surface area is 118 Å². The summed E-state index contributed by atoms with van der Waals surface area (Å²) in [6.45, 7) is 0. The van der Waals surface area contributed by atoms with Crippen LogP contribution < -0.4 is 4.74 Å². The number of benzene rings is 2. The first kappa shape index (κ1) is 12.7. The molecule has 2 atom stereocenters. The van der Waals surface area contributed by atoms with Gasteiger partial charge in [0.1, 0.15) is 17.8 Å². The molecule has 0 aliphatic carbocycles. The van der Waals surface area contributed by atoms with E-state index in [1.54, 1.807) is 0 Å². The van der Waals surface area contributed by atoms with Crippen LogP contribution in [0.2, 0.25) is 0 Å². The normalized spacial score (nSPS) is 20.6. The molecule has 0 N–H and O–H groups in total. The first-order chi connectivity index (χ1) is 9.79. The third-order valence-corrected chi connectivity index (χ3v) is 3.66. The zero-order valence-electron chi connectivity index (χ0n) is 11.3. The van der Waals surface area contributed by atoms with Crippen molar-refractivity contribution in [3.8, 4) is 5.75 Å². The van der Waals surface area contributed by atoms with Crippen LogP contribution in [-0.4, -0.2) is 13.1 Å². The van der Waals surface area contributed by atoms with Gasteiger partial charge in [-0.2, -0.15) is 0 Å². The Kier molecular flexibility index (Phi) is 3.42. The summed E-state index contributed by atoms with van der Waals surface area (Å²) in [6, 6.07) is 17.7. The molecule has 0 aromatic heterocycles. The van der Waals surface area contributed by atoms with Crippen molar-refractivity contribution in [2.24, 2.45) is 5.92 Å². The molecule has 3 rings (SSSR count). The Morgan fingerprint density at radius 3 is 2.55 bits per heavy atom. The van der Waals surface area contributed by atoms with Gasteiger partial charge in [0.2, 0.25) is 0 Å². The van der Waals surface area contributed by atoms with Crippen molar-refractivity contribution in [1.29, 1.82) is 0 Å². The van der Waals surface area contributed by atoms with Crippen LogP contribution in [0.4, 0.5) is 0 Å². The number of esters is 1. The van der Waals surface area contributed by atoms with Crippen LogP contribution >= 0.6 is 0 Å². The van der Waals surface area contributed by atoms with E-state index >= 15 is 0 Å². The molecule has 102 valence electrons. The summed E-state index contributed by atoms with van der Waals surface area (Å²) in [4.78, 5) is 12.1. The number of carbonyl (C=O) groups excluding carboxylic acids is 1. The predicted molar refractivity (Wildman–Crippen MR) is 75.5 cm³/mol. The maximum Gasteiger partial charge on any atom is 0.313 e. The highest BCUT2D eigenvalue weighted by Gasteiger charge is 2.36. The van der Waals surface area contributed by atoms with E-state index in [0.29, 0.717) is 6.42 Å². The zero-order valence-corrected chi connectivity index (χ0v) is 11.3. The van der Waals surface area contributed by atoms with Crippen LogP contribution in [-0.2, 0) is 16.0 Å². The van der Waals surface area contributed by atoms with E-state index in [4.69, 9.17) is 9.47 Å². The van der Waals surface area contributed by atoms with Crippen molar-refractivity contribution in [3.05, 3.63) is 65.7 Å². The zero-order chi connectivity index (χ0) is 13.9. The largest absolute Gasteiger partial charge is 0.485 e. The van der Waals surface area contributed by atoms with Crippen molar-refractivity contribution in [3.63, 3.8) is 0 Å². The summed E-state index contributed by atoms with van der Waals surface area (Å²) in [7, 11) is 1.42. The number of fused-ring (bicyclic) bond motifs is 1. The van der Waals surface area contributed by atoms with Gasteiger partial charge in [0.15, 0.2) is 0 Å². The Bertz CT molecular complexity index is 607. The van der Waals surface area contributed by atoms with E-state index in [9.17, 15) is 4.79 Å². The van der Waals surface area contributed by atoms with Gasteiger partial charge in [-0.15, -0.1) is 0 Å². The number of rotatable bonds is 2. The fourth-order valence-electron chi connectivity index (χ4n) is 2.65. The lowest BCUT2D eigenvalue weighted by Gasteiger charge is -2.32. The van der Waals surface area contributed by atoms with Gasteiger partial charge in [-0.25, -0.2) is 0 Å². The second-order valence-corrected chi connectivity index (χ2v) is 4.89. The molecule has 2 unspecified atom stereocenters. The van der Waals surface area contributed by atoms with Crippen LogP contribution in [0.25, 0.3) is 0 Å². The molecule has 0 fully saturated rings. The van der Waals surface area contributed by atoms with Gasteiger partial charge in [-0.1, -0.05) is 48.5 Å². The fraction of sp³-hybridized carbons (Fsp3) is 0.235. The van der Waals surface area contributed by atoms with Gasteiger partial charge in [0.05, 0.1) is 7.11 Å². The lowest BCUT2D eigenvalue weighted by atomic mass is 9.87. The summed E-state index contributed by atoms with van der Waals surface area (Å²) < 4.78 is 11.0. The SMILES string of the molecule is COC(=O)C1Cc2ccccc2OC1c1ccccc1. The Morgan fingerprint density at radius 2 is 1.80 bits per heavy atom. The molecule has 3 heteroatoms. The lowest BCUT2D eigenvalue weighted by Crippen LogP contribution is -2.32. The van der Waals surface area contributed by atoms with Gasteiger partial charge >= 0.3 is 5.97 Å². The summed E-state index contributed by atoms with van der Waals surface area (Å²) in [5.74, 6) is 0.312. The molecule has 2 aromatic carbocycles. The first-order valence-corrected chi connectivity index (χ1v) is 6.67. The molecule has 0 spiro atoms. The minimum Gasteiger partial charge on any atom is -0.485 e. The Balaban J connectivity index is 2.00. The van der Waals surface area contributed by atoms with Gasteiger partial charge in [-0.05, 0) is 23.6 Å². The molecule has 1 heterocycles. The fourth-order valence-corrected chi connectivity index (χ4v) is 2.65. The Hall–Kier alpha value is -2.29. The van der Waals surface area contributed by atoms with Gasteiger partial charge in [0.25, 0.3) is 0 Å². The van der Waals surface area contributed by atoms with Crippen LogP contribution in [0.1, 0.15) is 17.2 Å². The molecular weight excluding hydrogens is 252 g/mol. The number of carbonyl (C=O) groups is 1. The van der Waals surface area contributed by atoms with Crippen molar-refractivity contribution in [2.75, 3.05) is 7.11 Å². The molecule has 0 bridgehead atoms. The van der Waals surface area contributed by atoms with E-state index in [2.05, 4.69) is 0 Å². The highest BCUT2D eigenvalue weighted by molar-refractivity contribution is 5.74. The quantitative estimate of drug-likeness (QED) is 0.785. The van der Waals surface area contributed by atoms with Gasteiger partial charge < -0.3 is 9.47 Å². The number of methoxy groups -OCH3 is 1. The average molecular weight is 268 g/mol. The van der Waals surface area contributed by atoms with E-state index in [1.807, 2.05) is 54.6 Å². The number of hydrogen-bond acceptors (Lipinski definition) is 3. The molecule has 1 aliphatic rings. The van der Waals surface area contributed by atoms with Crippen molar-refractivity contribution >= 4 is 5.97 Å². The third-order valence-electron chi connectivity index (χ3n) is 3.66. The first-order valence-electron chi connectivity index (χ1n) is 6.67. The molecule has 1 aliphatic heterocycles. The average Bonchev–Trinajstić information content (AvgIpc) is 2.53. The van der Waals surface area contributed by atoms with Crippen molar-refractivity contribution < 1.29 is 14.3 Å². The summed E-state index contributed by atoms with van der Waals surface area (Å²) in [5, 5.41) is 0. The van der Waals surface area contributed by atoms with Crippen LogP contribution in [0.15, 0.2) is 54.6 Å². The van der Waals surface area contributed by atoms with E-state index < -0.39 is 0 Å². The molecule has 20 heavy (non-hydrogen) atoms. The molecule has 0 saturated carbocycles. The molecule has 0 amide bonds. The molecule has 0 saturated heterocycles. The number of para-hydroxylation sites is 1. The van der Waals surface area contributed by atoms with Crippen LogP contribution in [0.3, 0.4) is 0 Å². The smallest absolute Gasteiger partial charge is 0.313 e. The highest BCUT2D eigenvalue weighted by Crippen LogP contribution is 2.39. The van der Waals surface area contributed by atoms with Crippen molar-refractivity contribution in [1.82, 2.24) is 0 Å². The van der Waals surface area contributed by atoms with Crippen LogP contribution in [0, 0.1) is 5.92 Å². The topological polar surface area (TPSA) is 35.5 Å². The monoisotopic (exact) mass is 268 g/mol. The van der Waals surface area contributed by atoms with E-state index in [-0.39, 0.29) is 18.0 Å². The maximum atomic E-state index is 12.1. The summed E-state index contributed by atoms with van der Waals surface area (Å²) in [5.41, 5.74) is 2.05. The third kappa shape index (κ3) is 2.27. The maximum absolute atomic E-state index is 12.1. The van der Waals surface area contributed by atoms with Crippen LogP contribution in [0.5, 0.6) is 5.75 Å². The second-order valence-electron chi connectivity index (χ2n) is 4.89. The minimum atomic E-state index is -0.308. The molecule has 2 aromatic rings. The molecule has 3 nitrogen and oxygen atoms in total. The van der Waals surface area contributed by atoms with Gasteiger partial charge in [-0.3, -0.25) is 4.79 Å². The van der Waals surface area contributed by atoms with Crippen molar-refractivity contribution in [2.45, 2.75) is 12.5 Å². The number of hydrogen-bond donors (Lipinski definition) is 0. The summed E-state index contributed by atoms with van der Waals surface area (Å²) in [6.07, 6.45) is 0.348.